The van der Waals surface area contributed by atoms with Gasteiger partial charge in [-0.2, -0.15) is 0 Å². The number of hydrogen-bond acceptors (Lipinski definition) is 0. The van der Waals surface area contributed by atoms with Crippen LogP contribution in [0.25, 0.3) is 0 Å². The summed E-state index contributed by atoms with van der Waals surface area (Å²) in [4.78, 5) is 0. The van der Waals surface area contributed by atoms with Crippen LogP contribution in [0.4, 0.5) is 0 Å². The smallest absolute Gasteiger partial charge is 0.0326 e. The van der Waals surface area contributed by atoms with Gasteiger partial charge in [-0.1, -0.05) is 64.4 Å². The molecule has 0 aliphatic carbocycles. The van der Waals surface area contributed by atoms with E-state index in [9.17, 15) is 0 Å². The van der Waals surface area contributed by atoms with Crippen molar-refractivity contribution in [1.29, 1.82) is 0 Å². The molecule has 0 aromatic carbocycles. The van der Waals surface area contributed by atoms with E-state index in [-0.39, 0.29) is 0 Å². The minimum Gasteiger partial charge on any atom is -0.100 e. The summed E-state index contributed by atoms with van der Waals surface area (Å²) in [5, 5.41) is 0. The summed E-state index contributed by atoms with van der Waals surface area (Å²) in [5.41, 5.74) is 1.34. The summed E-state index contributed by atoms with van der Waals surface area (Å²) < 4.78 is 0. The van der Waals surface area contributed by atoms with Gasteiger partial charge in [0.2, 0.25) is 0 Å². The van der Waals surface area contributed by atoms with Crippen LogP contribution in [-0.4, -0.2) is 0 Å². The fourth-order valence-electron chi connectivity index (χ4n) is 1.83. The molecular weight excluding hydrogens is 180 g/mol. The van der Waals surface area contributed by atoms with Gasteiger partial charge in [-0.05, 0) is 25.7 Å². The van der Waals surface area contributed by atoms with Crippen molar-refractivity contribution in [3.63, 3.8) is 0 Å². The number of unbranched alkanes of at least 4 members (excludes halogenated alkanes) is 5. The molecule has 0 radical (unpaired) electrons. The summed E-state index contributed by atoms with van der Waals surface area (Å²) >= 11 is 0. The first-order valence-electron chi connectivity index (χ1n) is 6.81. The number of hydrogen-bond donors (Lipinski definition) is 0. The predicted molar refractivity (Wildman–Crippen MR) is 71.2 cm³/mol. The third-order valence-electron chi connectivity index (χ3n) is 3.25. The zero-order chi connectivity index (χ0) is 11.5. The van der Waals surface area contributed by atoms with E-state index in [1.54, 1.807) is 0 Å². The molecule has 0 saturated carbocycles. The van der Waals surface area contributed by atoms with E-state index in [4.69, 9.17) is 0 Å². The Kier molecular flexibility index (Phi) is 10.1. The second-order valence-electron chi connectivity index (χ2n) is 5.13. The quantitative estimate of drug-likeness (QED) is 0.319. The highest BCUT2D eigenvalue weighted by atomic mass is 14.0. The van der Waals surface area contributed by atoms with Crippen molar-refractivity contribution in [3.8, 4) is 0 Å². The van der Waals surface area contributed by atoms with Gasteiger partial charge in [0.05, 0.1) is 0 Å². The molecule has 0 aromatic rings. The van der Waals surface area contributed by atoms with Crippen LogP contribution in [0.2, 0.25) is 0 Å². The van der Waals surface area contributed by atoms with Crippen LogP contribution in [0.1, 0.15) is 78.6 Å². The molecule has 0 spiro atoms. The topological polar surface area (TPSA) is 0 Å². The number of rotatable bonds is 10. The predicted octanol–water partition coefficient (Wildman–Crippen LogP) is 5.73. The van der Waals surface area contributed by atoms with Crippen molar-refractivity contribution >= 4 is 0 Å². The average Bonchev–Trinajstić information content (AvgIpc) is 2.21. The molecule has 0 saturated heterocycles. The molecule has 0 nitrogen and oxygen atoms in total. The van der Waals surface area contributed by atoms with Crippen LogP contribution >= 0.6 is 0 Å². The second-order valence-corrected chi connectivity index (χ2v) is 5.13. The zero-order valence-electron chi connectivity index (χ0n) is 11.1. The van der Waals surface area contributed by atoms with E-state index in [1.807, 2.05) is 0 Å². The molecular formula is C15H30. The van der Waals surface area contributed by atoms with E-state index in [0.29, 0.717) is 0 Å². The first-order valence-corrected chi connectivity index (χ1v) is 6.81. The van der Waals surface area contributed by atoms with Crippen molar-refractivity contribution in [1.82, 2.24) is 0 Å². The van der Waals surface area contributed by atoms with E-state index in [2.05, 4.69) is 27.4 Å². The normalized spacial score (nSPS) is 12.7. The lowest BCUT2D eigenvalue weighted by Gasteiger charge is -2.07. The Morgan fingerprint density at radius 3 is 2.07 bits per heavy atom. The minimum absolute atomic E-state index is 0.938. The maximum atomic E-state index is 3.93. The summed E-state index contributed by atoms with van der Waals surface area (Å²) in [6, 6.07) is 0. The van der Waals surface area contributed by atoms with Crippen molar-refractivity contribution in [2.45, 2.75) is 78.6 Å². The fraction of sp³-hybridized carbons (Fsp3) is 0.867. The van der Waals surface area contributed by atoms with E-state index in [1.165, 1.54) is 63.4 Å². The van der Waals surface area contributed by atoms with Crippen LogP contribution in [0.3, 0.4) is 0 Å². The molecule has 90 valence electrons. The lowest BCUT2D eigenvalue weighted by molar-refractivity contribution is 0.471. The maximum Gasteiger partial charge on any atom is -0.0326 e. The Bertz CT molecular complexity index is 146. The molecule has 0 rings (SSSR count). The van der Waals surface area contributed by atoms with E-state index < -0.39 is 0 Å². The van der Waals surface area contributed by atoms with Crippen molar-refractivity contribution in [2.24, 2.45) is 5.92 Å². The summed E-state index contributed by atoms with van der Waals surface area (Å²) in [6.07, 6.45) is 12.5. The highest BCUT2D eigenvalue weighted by Gasteiger charge is 1.98. The van der Waals surface area contributed by atoms with Gasteiger partial charge in [0.25, 0.3) is 0 Å². The van der Waals surface area contributed by atoms with Gasteiger partial charge in [-0.25, -0.2) is 0 Å². The van der Waals surface area contributed by atoms with Gasteiger partial charge >= 0.3 is 0 Å². The Morgan fingerprint density at radius 2 is 1.53 bits per heavy atom. The maximum absolute atomic E-state index is 3.93. The van der Waals surface area contributed by atoms with Gasteiger partial charge in [-0.3, -0.25) is 0 Å². The summed E-state index contributed by atoms with van der Waals surface area (Å²) in [6.45, 7) is 10.7. The SMILES string of the molecule is C=C(C)CCCCCCCCC(C)CC. The highest BCUT2D eigenvalue weighted by Crippen LogP contribution is 2.15. The molecule has 0 N–H and O–H groups in total. The van der Waals surface area contributed by atoms with Crippen LogP contribution in [-0.2, 0) is 0 Å². The molecule has 0 heteroatoms. The Balaban J connectivity index is 3.02. The fourth-order valence-corrected chi connectivity index (χ4v) is 1.83. The van der Waals surface area contributed by atoms with Gasteiger partial charge < -0.3 is 0 Å². The molecule has 0 aromatic heterocycles. The van der Waals surface area contributed by atoms with Crippen LogP contribution < -0.4 is 0 Å². The van der Waals surface area contributed by atoms with Gasteiger partial charge in [-0.15, -0.1) is 6.58 Å². The third kappa shape index (κ3) is 11.7. The van der Waals surface area contributed by atoms with Crippen LogP contribution in [0.15, 0.2) is 12.2 Å². The minimum atomic E-state index is 0.938. The van der Waals surface area contributed by atoms with E-state index in [0.717, 1.165) is 5.92 Å². The van der Waals surface area contributed by atoms with Crippen molar-refractivity contribution in [3.05, 3.63) is 12.2 Å². The molecule has 0 bridgehead atoms. The summed E-state index contributed by atoms with van der Waals surface area (Å²) in [5.74, 6) is 0.938. The molecule has 0 aliphatic heterocycles. The molecule has 0 heterocycles. The lowest BCUT2D eigenvalue weighted by Crippen LogP contribution is -1.91. The third-order valence-corrected chi connectivity index (χ3v) is 3.25. The van der Waals surface area contributed by atoms with Gasteiger partial charge in [0.1, 0.15) is 0 Å². The molecule has 0 fully saturated rings. The van der Waals surface area contributed by atoms with Gasteiger partial charge in [0.15, 0.2) is 0 Å². The van der Waals surface area contributed by atoms with Crippen molar-refractivity contribution < 1.29 is 0 Å². The Morgan fingerprint density at radius 1 is 1.00 bits per heavy atom. The summed E-state index contributed by atoms with van der Waals surface area (Å²) in [7, 11) is 0. The first-order chi connectivity index (χ1) is 7.16. The largest absolute Gasteiger partial charge is 0.100 e. The van der Waals surface area contributed by atoms with E-state index >= 15 is 0 Å². The standard InChI is InChI=1S/C15H30/c1-5-15(4)13-11-9-7-6-8-10-12-14(2)3/h15H,2,5-13H2,1,3-4H3. The Labute approximate surface area is 97.2 Å². The average molecular weight is 210 g/mol. The van der Waals surface area contributed by atoms with Crippen molar-refractivity contribution in [2.75, 3.05) is 0 Å². The molecule has 0 aliphatic rings. The number of allylic oxidation sites excluding steroid dienone is 1. The van der Waals surface area contributed by atoms with Crippen LogP contribution in [0.5, 0.6) is 0 Å². The monoisotopic (exact) mass is 210 g/mol. The molecule has 1 atom stereocenters. The molecule has 1 unspecified atom stereocenters. The van der Waals surface area contributed by atoms with Crippen LogP contribution in [0, 0.1) is 5.92 Å². The lowest BCUT2D eigenvalue weighted by atomic mass is 9.99. The Hall–Kier alpha value is -0.260. The first kappa shape index (κ1) is 14.7. The zero-order valence-corrected chi connectivity index (χ0v) is 11.1. The van der Waals surface area contributed by atoms with Gasteiger partial charge in [0, 0.05) is 0 Å². The molecule has 0 amide bonds. The highest BCUT2D eigenvalue weighted by molar-refractivity contribution is 4.86. The second kappa shape index (κ2) is 10.3. The molecule has 15 heavy (non-hydrogen) atoms.